The summed E-state index contributed by atoms with van der Waals surface area (Å²) in [4.78, 5) is 0. The first-order valence-electron chi connectivity index (χ1n) is 5.51. The second-order valence-electron chi connectivity index (χ2n) is 4.78. The van der Waals surface area contributed by atoms with Gasteiger partial charge in [-0.15, -0.1) is 0 Å². The Balaban J connectivity index is 2.61. The van der Waals surface area contributed by atoms with Gasteiger partial charge in [-0.05, 0) is 24.0 Å². The summed E-state index contributed by atoms with van der Waals surface area (Å²) in [6.07, 6.45) is 1.28. The standard InChI is InChI=1S/C13H16ClFN2/c1-13(2,7-4-8-16)9-17-11-6-3-5-10(14)12(11)15/h3,5-6,17H,4,7,9H2,1-2H3. The highest BCUT2D eigenvalue weighted by molar-refractivity contribution is 6.31. The fourth-order valence-corrected chi connectivity index (χ4v) is 1.63. The molecule has 1 N–H and O–H groups in total. The van der Waals surface area contributed by atoms with Crippen LogP contribution in [-0.4, -0.2) is 6.54 Å². The Morgan fingerprint density at radius 1 is 1.47 bits per heavy atom. The molecule has 92 valence electrons. The van der Waals surface area contributed by atoms with Gasteiger partial charge < -0.3 is 5.32 Å². The Kier molecular flexibility index (Phi) is 4.77. The van der Waals surface area contributed by atoms with E-state index in [0.717, 1.165) is 6.42 Å². The minimum atomic E-state index is -0.426. The Bertz CT molecular complexity index is 424. The van der Waals surface area contributed by atoms with Crippen LogP contribution in [0.1, 0.15) is 26.7 Å². The zero-order valence-electron chi connectivity index (χ0n) is 10.1. The number of nitrogens with one attached hydrogen (secondary N) is 1. The van der Waals surface area contributed by atoms with Crippen molar-refractivity contribution in [1.82, 2.24) is 0 Å². The lowest BCUT2D eigenvalue weighted by Gasteiger charge is -2.24. The average Bonchev–Trinajstić information content (AvgIpc) is 2.29. The molecule has 1 aromatic carbocycles. The van der Waals surface area contributed by atoms with E-state index >= 15 is 0 Å². The van der Waals surface area contributed by atoms with Crippen LogP contribution in [0.5, 0.6) is 0 Å². The molecule has 0 radical (unpaired) electrons. The number of hydrogen-bond acceptors (Lipinski definition) is 2. The highest BCUT2D eigenvalue weighted by Gasteiger charge is 2.18. The van der Waals surface area contributed by atoms with Gasteiger partial charge in [0.05, 0.1) is 16.8 Å². The first-order valence-corrected chi connectivity index (χ1v) is 5.89. The SMILES string of the molecule is CC(C)(CCC#N)CNc1cccc(Cl)c1F. The maximum atomic E-state index is 13.6. The van der Waals surface area contributed by atoms with Crippen LogP contribution in [0.15, 0.2) is 18.2 Å². The molecule has 0 fully saturated rings. The quantitative estimate of drug-likeness (QED) is 0.854. The van der Waals surface area contributed by atoms with Gasteiger partial charge in [-0.1, -0.05) is 31.5 Å². The van der Waals surface area contributed by atoms with Gasteiger partial charge in [-0.25, -0.2) is 4.39 Å². The predicted molar refractivity (Wildman–Crippen MR) is 68.5 cm³/mol. The largest absolute Gasteiger partial charge is 0.382 e. The Labute approximate surface area is 106 Å². The van der Waals surface area contributed by atoms with Gasteiger partial charge in [0.2, 0.25) is 0 Å². The third kappa shape index (κ3) is 4.24. The molecule has 0 saturated carbocycles. The van der Waals surface area contributed by atoms with E-state index in [1.54, 1.807) is 12.1 Å². The van der Waals surface area contributed by atoms with Crippen LogP contribution in [0.3, 0.4) is 0 Å². The molecule has 0 aliphatic carbocycles. The molecule has 0 atom stereocenters. The number of rotatable bonds is 5. The lowest BCUT2D eigenvalue weighted by Crippen LogP contribution is -2.23. The fourth-order valence-electron chi connectivity index (χ4n) is 1.46. The number of anilines is 1. The topological polar surface area (TPSA) is 35.8 Å². The molecular weight excluding hydrogens is 239 g/mol. The van der Waals surface area contributed by atoms with Crippen LogP contribution in [0, 0.1) is 22.6 Å². The number of nitrogens with zero attached hydrogens (tertiary/aromatic N) is 1. The normalized spacial score (nSPS) is 11.0. The summed E-state index contributed by atoms with van der Waals surface area (Å²) in [7, 11) is 0. The molecular formula is C13H16ClFN2. The highest BCUT2D eigenvalue weighted by atomic mass is 35.5. The van der Waals surface area contributed by atoms with E-state index in [0.29, 0.717) is 18.7 Å². The van der Waals surface area contributed by atoms with Gasteiger partial charge in [-0.3, -0.25) is 0 Å². The van der Waals surface area contributed by atoms with Crippen molar-refractivity contribution < 1.29 is 4.39 Å². The summed E-state index contributed by atoms with van der Waals surface area (Å²) in [5.41, 5.74) is 0.354. The molecule has 0 unspecified atom stereocenters. The molecule has 0 heterocycles. The van der Waals surface area contributed by atoms with Gasteiger partial charge in [0.25, 0.3) is 0 Å². The van der Waals surface area contributed by atoms with Crippen LogP contribution >= 0.6 is 11.6 Å². The molecule has 4 heteroatoms. The van der Waals surface area contributed by atoms with E-state index in [9.17, 15) is 4.39 Å². The molecule has 1 rings (SSSR count). The van der Waals surface area contributed by atoms with Crippen molar-refractivity contribution in [2.24, 2.45) is 5.41 Å². The van der Waals surface area contributed by atoms with E-state index < -0.39 is 5.82 Å². The van der Waals surface area contributed by atoms with Gasteiger partial charge in [0, 0.05) is 13.0 Å². The minimum absolute atomic E-state index is 0.0511. The fraction of sp³-hybridized carbons (Fsp3) is 0.462. The maximum Gasteiger partial charge on any atom is 0.164 e. The van der Waals surface area contributed by atoms with E-state index in [1.165, 1.54) is 6.07 Å². The zero-order valence-corrected chi connectivity index (χ0v) is 10.8. The Hall–Kier alpha value is -1.27. The smallest absolute Gasteiger partial charge is 0.164 e. The van der Waals surface area contributed by atoms with Gasteiger partial charge in [0.15, 0.2) is 5.82 Å². The third-order valence-electron chi connectivity index (χ3n) is 2.62. The maximum absolute atomic E-state index is 13.6. The molecule has 0 saturated heterocycles. The summed E-state index contributed by atoms with van der Waals surface area (Å²) in [5, 5.41) is 11.7. The number of nitriles is 1. The molecule has 2 nitrogen and oxygen atoms in total. The summed E-state index contributed by atoms with van der Waals surface area (Å²) in [5.74, 6) is -0.426. The molecule has 0 spiro atoms. The number of halogens is 2. The molecule has 0 aromatic heterocycles. The van der Waals surface area contributed by atoms with Crippen molar-refractivity contribution >= 4 is 17.3 Å². The Morgan fingerprint density at radius 3 is 2.82 bits per heavy atom. The lowest BCUT2D eigenvalue weighted by atomic mass is 9.88. The van der Waals surface area contributed by atoms with E-state index in [4.69, 9.17) is 16.9 Å². The first-order chi connectivity index (χ1) is 7.96. The summed E-state index contributed by atoms with van der Waals surface area (Å²) in [6, 6.07) is 7.00. The molecule has 0 bridgehead atoms. The van der Waals surface area contributed by atoms with Crippen molar-refractivity contribution in [2.45, 2.75) is 26.7 Å². The van der Waals surface area contributed by atoms with Crippen molar-refractivity contribution in [3.05, 3.63) is 29.0 Å². The van der Waals surface area contributed by atoms with E-state index in [1.807, 2.05) is 13.8 Å². The molecule has 1 aromatic rings. The average molecular weight is 255 g/mol. The van der Waals surface area contributed by atoms with Gasteiger partial charge in [-0.2, -0.15) is 5.26 Å². The van der Waals surface area contributed by atoms with Crippen molar-refractivity contribution in [3.63, 3.8) is 0 Å². The third-order valence-corrected chi connectivity index (χ3v) is 2.91. The molecule has 0 aliphatic heterocycles. The lowest BCUT2D eigenvalue weighted by molar-refractivity contribution is 0.363. The zero-order chi connectivity index (χ0) is 12.9. The van der Waals surface area contributed by atoms with Crippen LogP contribution in [-0.2, 0) is 0 Å². The van der Waals surface area contributed by atoms with Gasteiger partial charge in [0.1, 0.15) is 0 Å². The van der Waals surface area contributed by atoms with Crippen molar-refractivity contribution in [1.29, 1.82) is 5.26 Å². The van der Waals surface area contributed by atoms with Crippen molar-refractivity contribution in [3.8, 4) is 6.07 Å². The number of benzene rings is 1. The second kappa shape index (κ2) is 5.88. The van der Waals surface area contributed by atoms with Crippen LogP contribution < -0.4 is 5.32 Å². The highest BCUT2D eigenvalue weighted by Crippen LogP contribution is 2.26. The number of hydrogen-bond donors (Lipinski definition) is 1. The summed E-state index contributed by atoms with van der Waals surface area (Å²) < 4.78 is 13.6. The van der Waals surface area contributed by atoms with Crippen molar-refractivity contribution in [2.75, 3.05) is 11.9 Å². The van der Waals surface area contributed by atoms with E-state index in [-0.39, 0.29) is 10.4 Å². The Morgan fingerprint density at radius 2 is 2.18 bits per heavy atom. The molecule has 17 heavy (non-hydrogen) atoms. The molecule has 0 amide bonds. The predicted octanol–water partition coefficient (Wildman–Crippen LogP) is 4.22. The summed E-state index contributed by atoms with van der Waals surface area (Å²) >= 11 is 5.69. The van der Waals surface area contributed by atoms with Crippen LogP contribution in [0.2, 0.25) is 5.02 Å². The molecule has 0 aliphatic rings. The first kappa shape index (κ1) is 13.8. The monoisotopic (exact) mass is 254 g/mol. The second-order valence-corrected chi connectivity index (χ2v) is 5.18. The van der Waals surface area contributed by atoms with Gasteiger partial charge >= 0.3 is 0 Å². The van der Waals surface area contributed by atoms with E-state index in [2.05, 4.69) is 11.4 Å². The minimum Gasteiger partial charge on any atom is -0.382 e. The summed E-state index contributed by atoms with van der Waals surface area (Å²) in [6.45, 7) is 4.69. The van der Waals surface area contributed by atoms with Crippen LogP contribution in [0.25, 0.3) is 0 Å². The van der Waals surface area contributed by atoms with Crippen LogP contribution in [0.4, 0.5) is 10.1 Å².